The lowest BCUT2D eigenvalue weighted by molar-refractivity contribution is -0.385. The molecule has 0 aliphatic carbocycles. The summed E-state index contributed by atoms with van der Waals surface area (Å²) in [5.41, 5.74) is 3.02. The fourth-order valence-corrected chi connectivity index (χ4v) is 2.78. The van der Waals surface area contributed by atoms with Crippen LogP contribution in [0.15, 0.2) is 77.9 Å². The van der Waals surface area contributed by atoms with E-state index in [1.54, 1.807) is 61.5 Å². The summed E-state index contributed by atoms with van der Waals surface area (Å²) in [5, 5.41) is 14.8. The molecule has 0 aliphatic rings. The Labute approximate surface area is 194 Å². The number of para-hydroxylation sites is 2. The van der Waals surface area contributed by atoms with Crippen molar-refractivity contribution in [2.24, 2.45) is 5.10 Å². The molecule has 3 aromatic rings. The first kappa shape index (κ1) is 23.9. The Morgan fingerprint density at radius 2 is 1.71 bits per heavy atom. The first-order chi connectivity index (χ1) is 16.5. The lowest BCUT2D eigenvalue weighted by atomic mass is 10.2. The zero-order valence-electron chi connectivity index (χ0n) is 18.2. The van der Waals surface area contributed by atoms with Gasteiger partial charge in [-0.05, 0) is 48.9 Å². The van der Waals surface area contributed by atoms with Crippen molar-refractivity contribution in [2.75, 3.05) is 13.2 Å². The molecule has 174 valence electrons. The second kappa shape index (κ2) is 11.8. The maximum atomic E-state index is 12.3. The van der Waals surface area contributed by atoms with E-state index in [0.29, 0.717) is 23.5 Å². The van der Waals surface area contributed by atoms with Crippen LogP contribution in [0.5, 0.6) is 17.2 Å². The molecule has 0 spiro atoms. The molecule has 10 nitrogen and oxygen atoms in total. The van der Waals surface area contributed by atoms with Crippen molar-refractivity contribution < 1.29 is 28.7 Å². The number of ether oxygens (including phenoxy) is 3. The molecule has 0 heterocycles. The van der Waals surface area contributed by atoms with E-state index < -0.39 is 23.4 Å². The summed E-state index contributed by atoms with van der Waals surface area (Å²) in [6.45, 7) is 1.68. The predicted molar refractivity (Wildman–Crippen MR) is 123 cm³/mol. The first-order valence-electron chi connectivity index (χ1n) is 10.2. The number of rotatable bonds is 10. The zero-order valence-corrected chi connectivity index (χ0v) is 18.2. The number of nitro groups is 1. The van der Waals surface area contributed by atoms with Crippen molar-refractivity contribution in [3.8, 4) is 17.2 Å². The van der Waals surface area contributed by atoms with E-state index >= 15 is 0 Å². The quantitative estimate of drug-likeness (QED) is 0.159. The van der Waals surface area contributed by atoms with E-state index in [4.69, 9.17) is 14.2 Å². The standard InChI is InChI=1S/C24H21N3O7/c1-2-32-22-14-17(12-13-21(22)34-24(29)18-8-4-3-5-9-18)15-25-26-23(28)16-33-20-11-7-6-10-19(20)27(30)31/h3-15H,2,16H2,1H3,(H,26,28). The Kier molecular flexibility index (Phi) is 8.28. The van der Waals surface area contributed by atoms with Crippen molar-refractivity contribution in [2.45, 2.75) is 6.92 Å². The van der Waals surface area contributed by atoms with Crippen LogP contribution in [0.1, 0.15) is 22.8 Å². The molecule has 0 saturated carbocycles. The summed E-state index contributed by atoms with van der Waals surface area (Å²) in [4.78, 5) is 34.7. The molecular weight excluding hydrogens is 442 g/mol. The molecule has 10 heteroatoms. The molecule has 0 radical (unpaired) electrons. The summed E-state index contributed by atoms with van der Waals surface area (Å²) in [6, 6.07) is 19.1. The average molecular weight is 463 g/mol. The fourth-order valence-electron chi connectivity index (χ4n) is 2.78. The van der Waals surface area contributed by atoms with Gasteiger partial charge in [0.1, 0.15) is 0 Å². The van der Waals surface area contributed by atoms with Crippen molar-refractivity contribution in [1.82, 2.24) is 5.43 Å². The molecule has 0 saturated heterocycles. The molecule has 0 atom stereocenters. The van der Waals surface area contributed by atoms with Crippen molar-refractivity contribution >= 4 is 23.8 Å². The number of benzene rings is 3. The number of hydrazone groups is 1. The lowest BCUT2D eigenvalue weighted by Gasteiger charge is -2.11. The number of hydrogen-bond donors (Lipinski definition) is 1. The third kappa shape index (κ3) is 6.63. The van der Waals surface area contributed by atoms with Crippen LogP contribution in [-0.2, 0) is 4.79 Å². The molecule has 34 heavy (non-hydrogen) atoms. The number of nitrogens with one attached hydrogen (secondary N) is 1. The Hall–Kier alpha value is -4.73. The normalized spacial score (nSPS) is 10.5. The van der Waals surface area contributed by atoms with Gasteiger partial charge in [0.2, 0.25) is 0 Å². The summed E-state index contributed by atoms with van der Waals surface area (Å²) in [6.07, 6.45) is 1.37. The molecule has 0 aromatic heterocycles. The number of carbonyl (C=O) groups is 2. The second-order valence-electron chi connectivity index (χ2n) is 6.70. The highest BCUT2D eigenvalue weighted by Crippen LogP contribution is 2.29. The summed E-state index contributed by atoms with van der Waals surface area (Å²) in [7, 11) is 0. The minimum absolute atomic E-state index is 0.0198. The number of amides is 1. The molecule has 0 bridgehead atoms. The topological polar surface area (TPSA) is 129 Å². The summed E-state index contributed by atoms with van der Waals surface area (Å²) < 4.78 is 16.2. The van der Waals surface area contributed by atoms with Gasteiger partial charge >= 0.3 is 11.7 Å². The zero-order chi connectivity index (χ0) is 24.3. The summed E-state index contributed by atoms with van der Waals surface area (Å²) in [5.74, 6) is -0.563. The van der Waals surface area contributed by atoms with E-state index in [9.17, 15) is 19.7 Å². The first-order valence-corrected chi connectivity index (χ1v) is 10.2. The van der Waals surface area contributed by atoms with E-state index in [-0.39, 0.29) is 17.2 Å². The molecule has 0 aliphatic heterocycles. The van der Waals surface area contributed by atoms with Gasteiger partial charge in [-0.3, -0.25) is 14.9 Å². The van der Waals surface area contributed by atoms with Crippen LogP contribution < -0.4 is 19.6 Å². The predicted octanol–water partition coefficient (Wildman–Crippen LogP) is 3.74. The van der Waals surface area contributed by atoms with Crippen molar-refractivity contribution in [1.29, 1.82) is 0 Å². The molecular formula is C24H21N3O7. The van der Waals surface area contributed by atoms with Gasteiger partial charge in [0.15, 0.2) is 23.9 Å². The van der Waals surface area contributed by atoms with Crippen LogP contribution in [0.4, 0.5) is 5.69 Å². The lowest BCUT2D eigenvalue weighted by Crippen LogP contribution is -2.24. The molecule has 3 aromatic carbocycles. The molecule has 1 amide bonds. The molecule has 0 unspecified atom stereocenters. The Morgan fingerprint density at radius 3 is 2.44 bits per heavy atom. The monoisotopic (exact) mass is 463 g/mol. The van der Waals surface area contributed by atoms with Crippen molar-refractivity contribution in [3.05, 3.63) is 94.0 Å². The van der Waals surface area contributed by atoms with E-state index in [1.807, 2.05) is 0 Å². The van der Waals surface area contributed by atoms with Gasteiger partial charge in [-0.2, -0.15) is 5.10 Å². The SMILES string of the molecule is CCOc1cc(C=NNC(=O)COc2ccccc2[N+](=O)[O-])ccc1OC(=O)c1ccccc1. The molecule has 3 rings (SSSR count). The van der Waals surface area contributed by atoms with Crippen LogP contribution in [0.2, 0.25) is 0 Å². The van der Waals surface area contributed by atoms with Gasteiger partial charge in [-0.25, -0.2) is 10.2 Å². The van der Waals surface area contributed by atoms with Gasteiger partial charge in [-0.15, -0.1) is 0 Å². The Morgan fingerprint density at radius 1 is 0.971 bits per heavy atom. The minimum atomic E-state index is -0.604. The van der Waals surface area contributed by atoms with E-state index in [0.717, 1.165) is 0 Å². The fraction of sp³-hybridized carbons (Fsp3) is 0.125. The van der Waals surface area contributed by atoms with Crippen LogP contribution in [0.3, 0.4) is 0 Å². The average Bonchev–Trinajstić information content (AvgIpc) is 2.85. The van der Waals surface area contributed by atoms with E-state index in [1.165, 1.54) is 24.4 Å². The number of esters is 1. The number of nitro benzene ring substituents is 1. The van der Waals surface area contributed by atoms with Crippen LogP contribution in [-0.4, -0.2) is 36.2 Å². The molecule has 0 fully saturated rings. The van der Waals surface area contributed by atoms with Gasteiger partial charge in [0, 0.05) is 6.07 Å². The van der Waals surface area contributed by atoms with E-state index in [2.05, 4.69) is 10.5 Å². The highest BCUT2D eigenvalue weighted by molar-refractivity contribution is 5.91. The number of hydrogen-bond acceptors (Lipinski definition) is 8. The Balaban J connectivity index is 1.60. The maximum absolute atomic E-state index is 12.3. The van der Waals surface area contributed by atoms with Crippen LogP contribution in [0.25, 0.3) is 0 Å². The molecule has 1 N–H and O–H groups in total. The second-order valence-corrected chi connectivity index (χ2v) is 6.70. The van der Waals surface area contributed by atoms with Crippen LogP contribution >= 0.6 is 0 Å². The van der Waals surface area contributed by atoms with Gasteiger partial charge in [-0.1, -0.05) is 30.3 Å². The highest BCUT2D eigenvalue weighted by Gasteiger charge is 2.15. The van der Waals surface area contributed by atoms with Gasteiger partial charge in [0.25, 0.3) is 5.91 Å². The number of carbonyl (C=O) groups excluding carboxylic acids is 2. The maximum Gasteiger partial charge on any atom is 0.343 e. The number of nitrogens with zero attached hydrogens (tertiary/aromatic N) is 2. The van der Waals surface area contributed by atoms with Gasteiger partial charge < -0.3 is 14.2 Å². The van der Waals surface area contributed by atoms with Crippen LogP contribution in [0, 0.1) is 10.1 Å². The Bertz CT molecular complexity index is 1200. The third-order valence-electron chi connectivity index (χ3n) is 4.30. The summed E-state index contributed by atoms with van der Waals surface area (Å²) >= 11 is 0. The van der Waals surface area contributed by atoms with Crippen molar-refractivity contribution in [3.63, 3.8) is 0 Å². The largest absolute Gasteiger partial charge is 0.490 e. The minimum Gasteiger partial charge on any atom is -0.490 e. The van der Waals surface area contributed by atoms with Gasteiger partial charge in [0.05, 0.1) is 23.3 Å². The third-order valence-corrected chi connectivity index (χ3v) is 4.30. The smallest absolute Gasteiger partial charge is 0.343 e. The highest BCUT2D eigenvalue weighted by atomic mass is 16.6.